The van der Waals surface area contributed by atoms with Crippen molar-refractivity contribution in [2.75, 3.05) is 6.54 Å². The van der Waals surface area contributed by atoms with Gasteiger partial charge in [0.1, 0.15) is 0 Å². The molecular weight excluding hydrogens is 276 g/mol. The van der Waals surface area contributed by atoms with E-state index in [0.29, 0.717) is 18.4 Å². The number of carbonyl (C=O) groups is 2. The summed E-state index contributed by atoms with van der Waals surface area (Å²) in [5, 5.41) is 6.07. The number of carbonyl (C=O) groups excluding carboxylic acids is 2. The van der Waals surface area contributed by atoms with E-state index in [9.17, 15) is 9.59 Å². The smallest absolute Gasteiger partial charge is 0.225 e. The molecule has 2 aliphatic rings. The first-order valence-corrected chi connectivity index (χ1v) is 8.56. The van der Waals surface area contributed by atoms with E-state index in [4.69, 9.17) is 0 Å². The van der Waals surface area contributed by atoms with Crippen LogP contribution in [0, 0.1) is 22.2 Å². The number of hydrogen-bond donors (Lipinski definition) is 2. The minimum absolute atomic E-state index is 0.00619. The van der Waals surface area contributed by atoms with Crippen molar-refractivity contribution in [2.24, 2.45) is 22.2 Å². The van der Waals surface area contributed by atoms with Gasteiger partial charge < -0.3 is 10.6 Å². The van der Waals surface area contributed by atoms with Gasteiger partial charge in [0, 0.05) is 24.4 Å². The van der Waals surface area contributed by atoms with Crippen LogP contribution in [-0.2, 0) is 9.59 Å². The lowest BCUT2D eigenvalue weighted by Crippen LogP contribution is -2.47. The zero-order chi connectivity index (χ0) is 16.8. The Bertz CT molecular complexity index is 464. The van der Waals surface area contributed by atoms with Crippen LogP contribution in [0.1, 0.15) is 67.2 Å². The van der Waals surface area contributed by atoms with E-state index < -0.39 is 5.41 Å². The van der Waals surface area contributed by atoms with Crippen molar-refractivity contribution in [3.8, 4) is 0 Å². The van der Waals surface area contributed by atoms with Crippen molar-refractivity contribution in [2.45, 2.75) is 73.3 Å². The third-order valence-corrected chi connectivity index (χ3v) is 6.45. The van der Waals surface area contributed by atoms with Gasteiger partial charge in [-0.25, -0.2) is 0 Å². The quantitative estimate of drug-likeness (QED) is 0.839. The Morgan fingerprint density at radius 3 is 2.27 bits per heavy atom. The van der Waals surface area contributed by atoms with Gasteiger partial charge in [-0.05, 0) is 36.0 Å². The molecule has 0 aromatic carbocycles. The van der Waals surface area contributed by atoms with Gasteiger partial charge >= 0.3 is 0 Å². The average Bonchev–Trinajstić information content (AvgIpc) is 2.70. The minimum atomic E-state index is -0.404. The van der Waals surface area contributed by atoms with Gasteiger partial charge in [0.25, 0.3) is 0 Å². The minimum Gasteiger partial charge on any atom is -0.355 e. The summed E-state index contributed by atoms with van der Waals surface area (Å²) >= 11 is 0. The highest BCUT2D eigenvalue weighted by molar-refractivity contribution is 5.82. The van der Waals surface area contributed by atoms with Crippen molar-refractivity contribution in [1.29, 1.82) is 0 Å². The first-order chi connectivity index (χ1) is 9.98. The highest BCUT2D eigenvalue weighted by atomic mass is 16.2. The van der Waals surface area contributed by atoms with Gasteiger partial charge in [-0.1, -0.05) is 41.5 Å². The molecule has 2 amide bonds. The molecule has 2 N–H and O–H groups in total. The Morgan fingerprint density at radius 1 is 1.18 bits per heavy atom. The maximum Gasteiger partial charge on any atom is 0.225 e. The molecule has 2 saturated carbocycles. The Hall–Kier alpha value is -1.06. The van der Waals surface area contributed by atoms with Crippen LogP contribution in [0.5, 0.6) is 0 Å². The van der Waals surface area contributed by atoms with Crippen LogP contribution in [0.3, 0.4) is 0 Å². The molecule has 0 aromatic heterocycles. The monoisotopic (exact) mass is 308 g/mol. The number of rotatable bonds is 4. The van der Waals surface area contributed by atoms with E-state index in [-0.39, 0.29) is 23.3 Å². The predicted octanol–water partition coefficient (Wildman–Crippen LogP) is 2.87. The molecule has 0 saturated heterocycles. The summed E-state index contributed by atoms with van der Waals surface area (Å²) in [7, 11) is 0. The Labute approximate surface area is 134 Å². The van der Waals surface area contributed by atoms with Gasteiger partial charge in [-0.15, -0.1) is 0 Å². The molecule has 3 atom stereocenters. The van der Waals surface area contributed by atoms with Gasteiger partial charge in [0.15, 0.2) is 0 Å². The molecule has 4 nitrogen and oxygen atoms in total. The molecule has 2 aliphatic carbocycles. The van der Waals surface area contributed by atoms with Crippen molar-refractivity contribution in [3.05, 3.63) is 0 Å². The molecule has 2 fully saturated rings. The first-order valence-electron chi connectivity index (χ1n) is 8.56. The normalized spacial score (nSPS) is 32.8. The molecule has 0 spiro atoms. The second-order valence-electron chi connectivity index (χ2n) is 8.99. The molecule has 0 aromatic rings. The van der Waals surface area contributed by atoms with Gasteiger partial charge in [0.05, 0.1) is 0 Å². The summed E-state index contributed by atoms with van der Waals surface area (Å²) in [6, 6.07) is 0.284. The molecule has 22 heavy (non-hydrogen) atoms. The Balaban J connectivity index is 1.81. The van der Waals surface area contributed by atoms with E-state index in [0.717, 1.165) is 12.3 Å². The van der Waals surface area contributed by atoms with Crippen LogP contribution in [0.4, 0.5) is 0 Å². The predicted molar refractivity (Wildman–Crippen MR) is 88.2 cm³/mol. The third kappa shape index (κ3) is 2.89. The maximum atomic E-state index is 12.2. The summed E-state index contributed by atoms with van der Waals surface area (Å²) in [5.41, 5.74) is 0.117. The molecule has 0 radical (unpaired) electrons. The Morgan fingerprint density at radius 2 is 1.82 bits per heavy atom. The topological polar surface area (TPSA) is 58.2 Å². The van der Waals surface area contributed by atoms with Crippen LogP contribution < -0.4 is 10.6 Å². The average molecular weight is 308 g/mol. The van der Waals surface area contributed by atoms with E-state index in [1.54, 1.807) is 0 Å². The van der Waals surface area contributed by atoms with E-state index >= 15 is 0 Å². The highest BCUT2D eigenvalue weighted by Crippen LogP contribution is 2.65. The summed E-state index contributed by atoms with van der Waals surface area (Å²) in [6.45, 7) is 13.1. The summed E-state index contributed by atoms with van der Waals surface area (Å²) in [5.74, 6) is 0.778. The SMILES string of the molecule is CC(C)(C)C(=O)NCCC(=O)NC1CC2CCC1(C)C2(C)C. The van der Waals surface area contributed by atoms with Crippen molar-refractivity contribution < 1.29 is 9.59 Å². The zero-order valence-corrected chi connectivity index (χ0v) is 15.0. The molecule has 126 valence electrons. The molecule has 2 rings (SSSR count). The lowest BCUT2D eigenvalue weighted by atomic mass is 9.69. The second kappa shape index (κ2) is 5.54. The number of nitrogens with one attached hydrogen (secondary N) is 2. The van der Waals surface area contributed by atoms with Crippen LogP contribution >= 0.6 is 0 Å². The largest absolute Gasteiger partial charge is 0.355 e. The van der Waals surface area contributed by atoms with Crippen molar-refractivity contribution in [1.82, 2.24) is 10.6 Å². The zero-order valence-electron chi connectivity index (χ0n) is 15.0. The molecule has 2 bridgehead atoms. The first kappa shape index (κ1) is 17.3. The van der Waals surface area contributed by atoms with Crippen LogP contribution in [0.2, 0.25) is 0 Å². The summed E-state index contributed by atoms with van der Waals surface area (Å²) in [4.78, 5) is 24.0. The van der Waals surface area contributed by atoms with Crippen LogP contribution in [0.25, 0.3) is 0 Å². The molecular formula is C18H32N2O2. The summed E-state index contributed by atoms with van der Waals surface area (Å²) in [6.07, 6.45) is 3.96. The third-order valence-electron chi connectivity index (χ3n) is 6.45. The van der Waals surface area contributed by atoms with Crippen LogP contribution in [0.15, 0.2) is 0 Å². The number of fused-ring (bicyclic) bond motifs is 2. The fourth-order valence-corrected chi connectivity index (χ4v) is 4.24. The standard InChI is InChI=1S/C18H32N2O2/c1-16(2,3)15(22)19-10-8-14(21)20-13-11-12-7-9-18(13,6)17(12,4)5/h12-13H,7-11H2,1-6H3,(H,19,22)(H,20,21). The summed E-state index contributed by atoms with van der Waals surface area (Å²) < 4.78 is 0. The highest BCUT2D eigenvalue weighted by Gasteiger charge is 2.61. The van der Waals surface area contributed by atoms with E-state index in [1.807, 2.05) is 20.8 Å². The molecule has 0 heterocycles. The number of amides is 2. The Kier molecular flexibility index (Phi) is 4.35. The molecule has 0 aliphatic heterocycles. The van der Waals surface area contributed by atoms with Crippen LogP contribution in [-0.4, -0.2) is 24.4 Å². The lowest BCUT2D eigenvalue weighted by molar-refractivity contribution is -0.128. The van der Waals surface area contributed by atoms with E-state index in [2.05, 4.69) is 31.4 Å². The number of hydrogen-bond acceptors (Lipinski definition) is 2. The fraction of sp³-hybridized carbons (Fsp3) is 0.889. The molecule has 3 unspecified atom stereocenters. The van der Waals surface area contributed by atoms with Gasteiger partial charge in [-0.2, -0.15) is 0 Å². The molecule has 4 heteroatoms. The van der Waals surface area contributed by atoms with Gasteiger partial charge in [0.2, 0.25) is 11.8 Å². The second-order valence-corrected chi connectivity index (χ2v) is 8.99. The van der Waals surface area contributed by atoms with Crippen molar-refractivity contribution in [3.63, 3.8) is 0 Å². The van der Waals surface area contributed by atoms with Gasteiger partial charge in [-0.3, -0.25) is 9.59 Å². The fourth-order valence-electron chi connectivity index (χ4n) is 4.24. The lowest BCUT2D eigenvalue weighted by Gasteiger charge is -2.39. The maximum absolute atomic E-state index is 12.2. The van der Waals surface area contributed by atoms with Crippen molar-refractivity contribution >= 4 is 11.8 Å². The van der Waals surface area contributed by atoms with E-state index in [1.165, 1.54) is 12.8 Å².